The maximum Gasteiger partial charge on any atom is 0.226 e. The maximum atomic E-state index is 12.1. The Balaban J connectivity index is 2.02. The molecule has 1 aromatic rings. The van der Waals surface area contributed by atoms with Crippen LogP contribution in [0.5, 0.6) is 5.75 Å². The zero-order chi connectivity index (χ0) is 18.2. The number of rotatable bonds is 7. The number of anilines is 2. The van der Waals surface area contributed by atoms with Crippen molar-refractivity contribution in [2.45, 2.75) is 13.3 Å². The van der Waals surface area contributed by atoms with Crippen molar-refractivity contribution < 1.29 is 19.1 Å². The Labute approximate surface area is 147 Å². The van der Waals surface area contributed by atoms with Gasteiger partial charge in [0.15, 0.2) is 0 Å². The first-order valence-corrected chi connectivity index (χ1v) is 8.20. The number of amides is 3. The molecule has 1 aliphatic rings. The van der Waals surface area contributed by atoms with Gasteiger partial charge in [-0.15, -0.1) is 0 Å². The number of benzene rings is 1. The number of piperazine rings is 1. The third kappa shape index (κ3) is 5.37. The smallest absolute Gasteiger partial charge is 0.226 e. The van der Waals surface area contributed by atoms with E-state index in [4.69, 9.17) is 4.74 Å². The standard InChI is InChI=1S/C17H24N4O4/c1-13(23)18-6-5-17(24)19-15-11-14(3-4-16(15)25-2)21-9-7-20(12-22)8-10-21/h3-4,11-12H,5-10H2,1-2H3,(H,18,23)(H,19,24). The van der Waals surface area contributed by atoms with Crippen LogP contribution in [0.25, 0.3) is 0 Å². The van der Waals surface area contributed by atoms with Crippen LogP contribution in [0.1, 0.15) is 13.3 Å². The van der Waals surface area contributed by atoms with Gasteiger partial charge in [0.05, 0.1) is 12.8 Å². The number of ether oxygens (including phenoxy) is 1. The van der Waals surface area contributed by atoms with E-state index < -0.39 is 0 Å². The van der Waals surface area contributed by atoms with Gasteiger partial charge in [0.2, 0.25) is 18.2 Å². The van der Waals surface area contributed by atoms with E-state index in [0.29, 0.717) is 24.5 Å². The van der Waals surface area contributed by atoms with Crippen LogP contribution in [0.15, 0.2) is 18.2 Å². The van der Waals surface area contributed by atoms with Crippen LogP contribution < -0.4 is 20.3 Å². The molecule has 0 aliphatic carbocycles. The molecule has 0 bridgehead atoms. The van der Waals surface area contributed by atoms with E-state index in [1.807, 2.05) is 18.2 Å². The third-order valence-electron chi connectivity index (χ3n) is 4.01. The minimum atomic E-state index is -0.199. The highest BCUT2D eigenvalue weighted by Crippen LogP contribution is 2.30. The number of hydrogen-bond acceptors (Lipinski definition) is 5. The second kappa shape index (κ2) is 8.91. The lowest BCUT2D eigenvalue weighted by molar-refractivity contribution is -0.120. The summed E-state index contributed by atoms with van der Waals surface area (Å²) < 4.78 is 5.31. The molecule has 2 rings (SSSR count). The van der Waals surface area contributed by atoms with E-state index in [-0.39, 0.29) is 24.8 Å². The lowest BCUT2D eigenvalue weighted by Crippen LogP contribution is -2.45. The SMILES string of the molecule is COc1ccc(N2CCN(C=O)CC2)cc1NC(=O)CCNC(C)=O. The number of carbonyl (C=O) groups excluding carboxylic acids is 3. The Bertz CT molecular complexity index is 627. The second-order valence-electron chi connectivity index (χ2n) is 5.79. The Morgan fingerprint density at radius 3 is 2.56 bits per heavy atom. The monoisotopic (exact) mass is 348 g/mol. The summed E-state index contributed by atoms with van der Waals surface area (Å²) in [6.45, 7) is 4.52. The third-order valence-corrected chi connectivity index (χ3v) is 4.01. The second-order valence-corrected chi connectivity index (χ2v) is 5.79. The van der Waals surface area contributed by atoms with Crippen molar-refractivity contribution in [3.05, 3.63) is 18.2 Å². The van der Waals surface area contributed by atoms with Gasteiger partial charge in [0, 0.05) is 51.8 Å². The molecule has 2 N–H and O–H groups in total. The highest BCUT2D eigenvalue weighted by Gasteiger charge is 2.17. The first-order chi connectivity index (χ1) is 12.0. The van der Waals surface area contributed by atoms with Gasteiger partial charge in [0.1, 0.15) is 5.75 Å². The molecule has 8 heteroatoms. The Hall–Kier alpha value is -2.77. The Morgan fingerprint density at radius 1 is 1.24 bits per heavy atom. The zero-order valence-corrected chi connectivity index (χ0v) is 14.6. The molecule has 8 nitrogen and oxygen atoms in total. The first-order valence-electron chi connectivity index (χ1n) is 8.20. The molecule has 1 saturated heterocycles. The van der Waals surface area contributed by atoms with Crippen LogP contribution in [0.4, 0.5) is 11.4 Å². The molecule has 3 amide bonds. The van der Waals surface area contributed by atoms with Crippen molar-refractivity contribution in [1.82, 2.24) is 10.2 Å². The highest BCUT2D eigenvalue weighted by molar-refractivity contribution is 5.93. The fraction of sp³-hybridized carbons (Fsp3) is 0.471. The van der Waals surface area contributed by atoms with Crippen LogP contribution in [-0.2, 0) is 14.4 Å². The van der Waals surface area contributed by atoms with E-state index in [0.717, 1.165) is 25.2 Å². The number of methoxy groups -OCH3 is 1. The van der Waals surface area contributed by atoms with Gasteiger partial charge < -0.3 is 25.2 Å². The highest BCUT2D eigenvalue weighted by atomic mass is 16.5. The molecule has 0 unspecified atom stereocenters. The van der Waals surface area contributed by atoms with Gasteiger partial charge >= 0.3 is 0 Å². The Morgan fingerprint density at radius 2 is 1.96 bits per heavy atom. The van der Waals surface area contributed by atoms with Gasteiger partial charge in [-0.3, -0.25) is 14.4 Å². The number of nitrogens with one attached hydrogen (secondary N) is 2. The summed E-state index contributed by atoms with van der Waals surface area (Å²) in [6.07, 6.45) is 1.05. The first kappa shape index (κ1) is 18.6. The fourth-order valence-electron chi connectivity index (χ4n) is 2.64. The summed E-state index contributed by atoms with van der Waals surface area (Å²) in [4.78, 5) is 37.6. The van der Waals surface area contributed by atoms with E-state index in [1.54, 1.807) is 12.0 Å². The summed E-state index contributed by atoms with van der Waals surface area (Å²) in [5, 5.41) is 5.42. The lowest BCUT2D eigenvalue weighted by atomic mass is 10.2. The van der Waals surface area contributed by atoms with Crippen molar-refractivity contribution in [3.63, 3.8) is 0 Å². The van der Waals surface area contributed by atoms with Crippen molar-refractivity contribution >= 4 is 29.6 Å². The molecule has 1 heterocycles. The fourth-order valence-corrected chi connectivity index (χ4v) is 2.64. The summed E-state index contributed by atoms with van der Waals surface area (Å²) >= 11 is 0. The molecular weight excluding hydrogens is 324 g/mol. The molecule has 0 spiro atoms. The summed E-state index contributed by atoms with van der Waals surface area (Å²) in [5.74, 6) is 0.208. The number of nitrogens with zero attached hydrogens (tertiary/aromatic N) is 2. The van der Waals surface area contributed by atoms with Gasteiger partial charge in [-0.2, -0.15) is 0 Å². The molecule has 0 radical (unpaired) electrons. The van der Waals surface area contributed by atoms with E-state index in [1.165, 1.54) is 6.92 Å². The predicted octanol–water partition coefficient (Wildman–Crippen LogP) is 0.438. The summed E-state index contributed by atoms with van der Waals surface area (Å²) in [6, 6.07) is 5.61. The van der Waals surface area contributed by atoms with Crippen LogP contribution >= 0.6 is 0 Å². The van der Waals surface area contributed by atoms with Crippen molar-refractivity contribution in [3.8, 4) is 5.75 Å². The van der Waals surface area contributed by atoms with Crippen molar-refractivity contribution in [2.24, 2.45) is 0 Å². The molecule has 1 aliphatic heterocycles. The van der Waals surface area contributed by atoms with Gasteiger partial charge in [-0.05, 0) is 18.2 Å². The Kier molecular flexibility index (Phi) is 6.62. The maximum absolute atomic E-state index is 12.1. The lowest BCUT2D eigenvalue weighted by Gasteiger charge is -2.34. The number of hydrogen-bond donors (Lipinski definition) is 2. The van der Waals surface area contributed by atoms with Crippen LogP contribution in [-0.4, -0.2) is 63.0 Å². The molecule has 0 saturated carbocycles. The molecule has 1 fully saturated rings. The van der Waals surface area contributed by atoms with E-state index in [9.17, 15) is 14.4 Å². The minimum absolute atomic E-state index is 0.165. The predicted molar refractivity (Wildman–Crippen MR) is 94.8 cm³/mol. The molecule has 25 heavy (non-hydrogen) atoms. The van der Waals surface area contributed by atoms with Crippen LogP contribution in [0.3, 0.4) is 0 Å². The summed E-state index contributed by atoms with van der Waals surface area (Å²) in [5.41, 5.74) is 1.55. The van der Waals surface area contributed by atoms with Crippen LogP contribution in [0.2, 0.25) is 0 Å². The zero-order valence-electron chi connectivity index (χ0n) is 14.6. The molecule has 1 aromatic carbocycles. The van der Waals surface area contributed by atoms with Gasteiger partial charge in [-0.25, -0.2) is 0 Å². The van der Waals surface area contributed by atoms with Crippen LogP contribution in [0, 0.1) is 0 Å². The normalized spacial score (nSPS) is 14.0. The molecule has 136 valence electrons. The largest absolute Gasteiger partial charge is 0.495 e. The average Bonchev–Trinajstić information content (AvgIpc) is 2.61. The molecular formula is C17H24N4O4. The molecule has 0 atom stereocenters. The van der Waals surface area contributed by atoms with Crippen molar-refractivity contribution in [2.75, 3.05) is 50.1 Å². The summed E-state index contributed by atoms with van der Waals surface area (Å²) in [7, 11) is 1.55. The van der Waals surface area contributed by atoms with Gasteiger partial charge in [0.25, 0.3) is 0 Å². The van der Waals surface area contributed by atoms with Crippen molar-refractivity contribution in [1.29, 1.82) is 0 Å². The quantitative estimate of drug-likeness (QED) is 0.698. The average molecular weight is 348 g/mol. The number of carbonyl (C=O) groups is 3. The van der Waals surface area contributed by atoms with Gasteiger partial charge in [-0.1, -0.05) is 0 Å². The molecule has 0 aromatic heterocycles. The minimum Gasteiger partial charge on any atom is -0.495 e. The van der Waals surface area contributed by atoms with E-state index in [2.05, 4.69) is 15.5 Å². The van der Waals surface area contributed by atoms with E-state index >= 15 is 0 Å². The topological polar surface area (TPSA) is 91.0 Å².